The molecule has 1 aliphatic heterocycles. The molecule has 1 fully saturated rings. The van der Waals surface area contributed by atoms with E-state index in [0.29, 0.717) is 31.1 Å². The average Bonchev–Trinajstić information content (AvgIpc) is 3.26. The van der Waals surface area contributed by atoms with Gasteiger partial charge in [0, 0.05) is 51.7 Å². The minimum Gasteiger partial charge on any atom is -0.385 e. The van der Waals surface area contributed by atoms with Crippen LogP contribution >= 0.6 is 11.6 Å². The Labute approximate surface area is 222 Å². The summed E-state index contributed by atoms with van der Waals surface area (Å²) in [6.07, 6.45) is 3.78. The lowest BCUT2D eigenvalue weighted by molar-refractivity contribution is -0.132. The van der Waals surface area contributed by atoms with Gasteiger partial charge in [0.1, 0.15) is 16.5 Å². The van der Waals surface area contributed by atoms with Gasteiger partial charge in [-0.05, 0) is 54.2 Å². The van der Waals surface area contributed by atoms with Gasteiger partial charge in [0.15, 0.2) is 5.65 Å². The van der Waals surface area contributed by atoms with Crippen molar-refractivity contribution in [1.82, 2.24) is 19.4 Å². The van der Waals surface area contributed by atoms with Crippen LogP contribution < -0.4 is 5.73 Å². The molecule has 2 aromatic heterocycles. The van der Waals surface area contributed by atoms with Crippen LogP contribution in [0, 0.1) is 0 Å². The van der Waals surface area contributed by atoms with E-state index in [4.69, 9.17) is 27.1 Å². The van der Waals surface area contributed by atoms with E-state index in [1.54, 1.807) is 13.2 Å². The lowest BCUT2D eigenvalue weighted by Gasteiger charge is -2.33. The fourth-order valence-electron chi connectivity index (χ4n) is 5.40. The Morgan fingerprint density at radius 1 is 1.16 bits per heavy atom. The second-order valence-corrected chi connectivity index (χ2v) is 10.4. The summed E-state index contributed by atoms with van der Waals surface area (Å²) in [5.74, 6) is 1.23. The van der Waals surface area contributed by atoms with Crippen LogP contribution in [0.5, 0.6) is 0 Å². The number of likely N-dealkylation sites (tertiary alicyclic amines) is 1. The highest BCUT2D eigenvalue weighted by molar-refractivity contribution is 6.29. The number of methoxy groups -OCH3 is 1. The summed E-state index contributed by atoms with van der Waals surface area (Å²) in [6, 6.07) is 18.2. The summed E-state index contributed by atoms with van der Waals surface area (Å²) in [4.78, 5) is 24.7. The Morgan fingerprint density at radius 2 is 2.00 bits per heavy atom. The average molecular weight is 520 g/mol. The van der Waals surface area contributed by atoms with Crippen LogP contribution in [-0.2, 0) is 22.5 Å². The molecule has 5 rings (SSSR count). The number of carbonyl (C=O) groups is 1. The van der Waals surface area contributed by atoms with Crippen molar-refractivity contribution < 1.29 is 9.53 Å². The first-order valence-corrected chi connectivity index (χ1v) is 13.4. The third kappa shape index (κ3) is 5.95. The molecule has 3 heterocycles. The number of hydrogen-bond acceptors (Lipinski definition) is 5. The van der Waals surface area contributed by atoms with Crippen molar-refractivity contribution >= 4 is 39.4 Å². The molecule has 7 nitrogen and oxygen atoms in total. The van der Waals surface area contributed by atoms with E-state index in [2.05, 4.69) is 39.9 Å². The molecule has 1 amide bonds. The van der Waals surface area contributed by atoms with Gasteiger partial charge in [0.25, 0.3) is 0 Å². The molecule has 8 heteroatoms. The maximum atomic E-state index is 13.3. The van der Waals surface area contributed by atoms with E-state index < -0.39 is 0 Å². The SMILES string of the molecule is COCCCn1c(C2CCCN(C(=O)CC(N)Cc3ccc4ccccc4c3)C2)nc2ccc(Cl)nc21. The van der Waals surface area contributed by atoms with E-state index >= 15 is 0 Å². The summed E-state index contributed by atoms with van der Waals surface area (Å²) < 4.78 is 7.42. The number of aromatic nitrogens is 3. The Kier molecular flexibility index (Phi) is 8.03. The Balaban J connectivity index is 1.27. The molecular weight excluding hydrogens is 486 g/mol. The van der Waals surface area contributed by atoms with Crippen LogP contribution in [0.25, 0.3) is 21.9 Å². The minimum atomic E-state index is -0.223. The highest BCUT2D eigenvalue weighted by atomic mass is 35.5. The Morgan fingerprint density at radius 3 is 2.84 bits per heavy atom. The normalized spacial score (nSPS) is 16.9. The van der Waals surface area contributed by atoms with Gasteiger partial charge in [-0.25, -0.2) is 9.97 Å². The number of aryl methyl sites for hydroxylation is 1. The quantitative estimate of drug-likeness (QED) is 0.250. The molecule has 2 unspecified atom stereocenters. The number of nitrogens with two attached hydrogens (primary N) is 1. The standard InChI is InChI=1S/C29H34ClN5O2/c1-37-15-5-14-35-28(32-25-11-12-26(30)33-29(25)35)23-8-4-13-34(19-23)27(36)18-24(31)17-20-9-10-21-6-2-3-7-22(21)16-20/h2-3,6-7,9-12,16,23-24H,4-5,8,13-15,17-19,31H2,1H3. The lowest BCUT2D eigenvalue weighted by Crippen LogP contribution is -2.42. The highest BCUT2D eigenvalue weighted by Gasteiger charge is 2.29. The molecule has 194 valence electrons. The second kappa shape index (κ2) is 11.6. The minimum absolute atomic E-state index is 0.112. The zero-order chi connectivity index (χ0) is 25.8. The molecule has 2 N–H and O–H groups in total. The smallest absolute Gasteiger partial charge is 0.224 e. The van der Waals surface area contributed by atoms with Gasteiger partial charge in [-0.1, -0.05) is 54.1 Å². The van der Waals surface area contributed by atoms with Crippen molar-refractivity contribution in [1.29, 1.82) is 0 Å². The van der Waals surface area contributed by atoms with Gasteiger partial charge >= 0.3 is 0 Å². The molecule has 1 aliphatic rings. The number of rotatable bonds is 9. The van der Waals surface area contributed by atoms with Gasteiger partial charge in [-0.15, -0.1) is 0 Å². The number of benzene rings is 2. The molecule has 0 bridgehead atoms. The molecule has 2 aromatic carbocycles. The van der Waals surface area contributed by atoms with Crippen molar-refractivity contribution in [2.24, 2.45) is 5.73 Å². The van der Waals surface area contributed by atoms with E-state index in [0.717, 1.165) is 54.9 Å². The second-order valence-electron chi connectivity index (χ2n) is 9.97. The van der Waals surface area contributed by atoms with Crippen LogP contribution in [0.3, 0.4) is 0 Å². The molecule has 1 saturated heterocycles. The van der Waals surface area contributed by atoms with Crippen molar-refractivity contribution in [3.8, 4) is 0 Å². The summed E-state index contributed by atoms with van der Waals surface area (Å²) in [6.45, 7) is 2.80. The van der Waals surface area contributed by atoms with Crippen LogP contribution in [0.1, 0.15) is 43.0 Å². The van der Waals surface area contributed by atoms with Crippen LogP contribution in [0.2, 0.25) is 5.15 Å². The number of piperidine rings is 1. The zero-order valence-corrected chi connectivity index (χ0v) is 22.0. The molecular formula is C29H34ClN5O2. The van der Waals surface area contributed by atoms with Gasteiger partial charge in [-0.2, -0.15) is 0 Å². The van der Waals surface area contributed by atoms with E-state index in [1.807, 2.05) is 23.1 Å². The van der Waals surface area contributed by atoms with Crippen molar-refractivity contribution in [3.05, 3.63) is 71.1 Å². The summed E-state index contributed by atoms with van der Waals surface area (Å²) >= 11 is 6.21. The Hall–Kier alpha value is -3.00. The lowest BCUT2D eigenvalue weighted by atomic mass is 9.95. The third-order valence-electron chi connectivity index (χ3n) is 7.21. The van der Waals surface area contributed by atoms with Crippen LogP contribution in [0.4, 0.5) is 0 Å². The first-order valence-electron chi connectivity index (χ1n) is 13.0. The van der Waals surface area contributed by atoms with Crippen LogP contribution in [0.15, 0.2) is 54.6 Å². The maximum absolute atomic E-state index is 13.3. The third-order valence-corrected chi connectivity index (χ3v) is 7.42. The number of carbonyl (C=O) groups excluding carboxylic acids is 1. The summed E-state index contributed by atoms with van der Waals surface area (Å²) in [5, 5.41) is 2.86. The Bertz CT molecular complexity index is 1390. The maximum Gasteiger partial charge on any atom is 0.224 e. The first-order chi connectivity index (χ1) is 18.0. The number of hydrogen-bond donors (Lipinski definition) is 1. The number of imidazole rings is 1. The van der Waals surface area contributed by atoms with Gasteiger partial charge in [0.05, 0.1) is 0 Å². The molecule has 2 atom stereocenters. The van der Waals surface area contributed by atoms with Crippen LogP contribution in [-0.4, -0.2) is 58.2 Å². The van der Waals surface area contributed by atoms with Gasteiger partial charge < -0.3 is 19.9 Å². The van der Waals surface area contributed by atoms with Crippen molar-refractivity contribution in [2.75, 3.05) is 26.8 Å². The van der Waals surface area contributed by atoms with E-state index in [-0.39, 0.29) is 17.9 Å². The fourth-order valence-corrected chi connectivity index (χ4v) is 5.55. The number of nitrogens with zero attached hydrogens (tertiary/aromatic N) is 4. The number of pyridine rings is 1. The van der Waals surface area contributed by atoms with Gasteiger partial charge in [0.2, 0.25) is 5.91 Å². The topological polar surface area (TPSA) is 86.3 Å². The molecule has 0 radical (unpaired) electrons. The van der Waals surface area contributed by atoms with Crippen molar-refractivity contribution in [3.63, 3.8) is 0 Å². The number of halogens is 1. The highest BCUT2D eigenvalue weighted by Crippen LogP contribution is 2.30. The molecule has 0 spiro atoms. The monoisotopic (exact) mass is 519 g/mol. The predicted octanol–water partition coefficient (Wildman–Crippen LogP) is 4.94. The number of fused-ring (bicyclic) bond motifs is 2. The predicted molar refractivity (Wildman–Crippen MR) is 148 cm³/mol. The molecule has 0 saturated carbocycles. The number of amides is 1. The summed E-state index contributed by atoms with van der Waals surface area (Å²) in [5.41, 5.74) is 9.24. The fraction of sp³-hybridized carbons (Fsp3) is 0.414. The number of ether oxygens (including phenoxy) is 1. The zero-order valence-electron chi connectivity index (χ0n) is 21.3. The molecule has 0 aliphatic carbocycles. The van der Waals surface area contributed by atoms with Gasteiger partial charge in [-0.3, -0.25) is 4.79 Å². The largest absolute Gasteiger partial charge is 0.385 e. The molecule has 4 aromatic rings. The van der Waals surface area contributed by atoms with E-state index in [9.17, 15) is 4.79 Å². The van der Waals surface area contributed by atoms with E-state index in [1.165, 1.54) is 10.8 Å². The molecule has 37 heavy (non-hydrogen) atoms. The summed E-state index contributed by atoms with van der Waals surface area (Å²) in [7, 11) is 1.71. The first kappa shape index (κ1) is 25.6. The van der Waals surface area contributed by atoms with Crippen molar-refractivity contribution in [2.45, 2.75) is 50.6 Å².